The number of fused-ring (bicyclic) bond motifs is 1. The number of rotatable bonds is 5. The lowest BCUT2D eigenvalue weighted by Gasteiger charge is -2.14. The lowest BCUT2D eigenvalue weighted by atomic mass is 9.89. The molecule has 0 saturated carbocycles. The van der Waals surface area contributed by atoms with Crippen LogP contribution in [-0.2, 0) is 0 Å². The van der Waals surface area contributed by atoms with Crippen molar-refractivity contribution >= 4 is 16.7 Å². The zero-order valence-corrected chi connectivity index (χ0v) is 12.5. The van der Waals surface area contributed by atoms with E-state index < -0.39 is 0 Å². The van der Waals surface area contributed by atoms with Crippen molar-refractivity contribution in [2.45, 2.75) is 20.8 Å². The standard InChI is InChI=1S/C16H22N2O2/c1-16(2,3)15(19)14-10-11-9-12(20-8-7-17-4)5-6-13(11)18-14/h5-6,9-10,17-18H,7-8H2,1-4H3. The van der Waals surface area contributed by atoms with Gasteiger partial charge in [-0.2, -0.15) is 0 Å². The van der Waals surface area contributed by atoms with Crippen LogP contribution >= 0.6 is 0 Å². The molecule has 2 rings (SSSR count). The van der Waals surface area contributed by atoms with Crippen molar-refractivity contribution < 1.29 is 9.53 Å². The third kappa shape index (κ3) is 3.20. The van der Waals surface area contributed by atoms with E-state index in [1.54, 1.807) is 0 Å². The molecule has 0 aliphatic heterocycles. The van der Waals surface area contributed by atoms with E-state index in [4.69, 9.17) is 4.74 Å². The van der Waals surface area contributed by atoms with Gasteiger partial charge in [0.25, 0.3) is 0 Å². The molecule has 1 aromatic carbocycles. The summed E-state index contributed by atoms with van der Waals surface area (Å²) in [5.74, 6) is 0.938. The van der Waals surface area contributed by atoms with E-state index in [1.165, 1.54) is 0 Å². The highest BCUT2D eigenvalue weighted by Crippen LogP contribution is 2.26. The second-order valence-electron chi connectivity index (χ2n) is 5.96. The number of hydrogen-bond acceptors (Lipinski definition) is 3. The summed E-state index contributed by atoms with van der Waals surface area (Å²) < 4.78 is 5.63. The average molecular weight is 274 g/mol. The number of carbonyl (C=O) groups excluding carboxylic acids is 1. The molecule has 20 heavy (non-hydrogen) atoms. The van der Waals surface area contributed by atoms with Crippen molar-refractivity contribution in [2.75, 3.05) is 20.2 Å². The molecule has 0 radical (unpaired) electrons. The second-order valence-corrected chi connectivity index (χ2v) is 5.96. The Morgan fingerprint density at radius 3 is 2.70 bits per heavy atom. The van der Waals surface area contributed by atoms with Gasteiger partial charge in [0.05, 0.1) is 5.69 Å². The first-order valence-electron chi connectivity index (χ1n) is 6.87. The number of carbonyl (C=O) groups is 1. The zero-order valence-electron chi connectivity index (χ0n) is 12.5. The number of nitrogens with one attached hydrogen (secondary N) is 2. The first-order chi connectivity index (χ1) is 9.41. The van der Waals surface area contributed by atoms with Crippen LogP contribution in [0.3, 0.4) is 0 Å². The van der Waals surface area contributed by atoms with Gasteiger partial charge < -0.3 is 15.0 Å². The van der Waals surface area contributed by atoms with E-state index in [-0.39, 0.29) is 11.2 Å². The normalized spacial score (nSPS) is 11.8. The zero-order chi connectivity index (χ0) is 14.8. The molecule has 2 N–H and O–H groups in total. The monoisotopic (exact) mass is 274 g/mol. The number of Topliss-reactive ketones (excluding diaryl/α,β-unsaturated/α-hetero) is 1. The van der Waals surface area contributed by atoms with E-state index in [0.717, 1.165) is 23.2 Å². The largest absolute Gasteiger partial charge is 0.492 e. The van der Waals surface area contributed by atoms with E-state index in [2.05, 4.69) is 10.3 Å². The molecule has 0 aliphatic rings. The highest BCUT2D eigenvalue weighted by Gasteiger charge is 2.24. The second kappa shape index (κ2) is 5.67. The lowest BCUT2D eigenvalue weighted by molar-refractivity contribution is 0.0854. The summed E-state index contributed by atoms with van der Waals surface area (Å²) in [5.41, 5.74) is 1.23. The molecule has 2 aromatic rings. The summed E-state index contributed by atoms with van der Waals surface area (Å²) in [5, 5.41) is 4.03. The van der Waals surface area contributed by atoms with Crippen molar-refractivity contribution in [1.29, 1.82) is 0 Å². The predicted octanol–water partition coefficient (Wildman–Crippen LogP) is 2.99. The number of H-pyrrole nitrogens is 1. The molecular weight excluding hydrogens is 252 g/mol. The minimum Gasteiger partial charge on any atom is -0.492 e. The number of likely N-dealkylation sites (N-methyl/N-ethyl adjacent to an activating group) is 1. The maximum atomic E-state index is 12.3. The van der Waals surface area contributed by atoms with E-state index >= 15 is 0 Å². The lowest BCUT2D eigenvalue weighted by Crippen LogP contribution is -2.20. The molecule has 0 amide bonds. The van der Waals surface area contributed by atoms with Gasteiger partial charge in [-0.1, -0.05) is 20.8 Å². The van der Waals surface area contributed by atoms with Crippen LogP contribution in [-0.4, -0.2) is 31.0 Å². The molecule has 0 saturated heterocycles. The number of ketones is 1. The van der Waals surface area contributed by atoms with Crippen molar-refractivity contribution in [3.05, 3.63) is 30.0 Å². The maximum Gasteiger partial charge on any atom is 0.184 e. The first kappa shape index (κ1) is 14.6. The Morgan fingerprint density at radius 2 is 2.05 bits per heavy atom. The van der Waals surface area contributed by atoms with E-state index in [1.807, 2.05) is 52.1 Å². The van der Waals surface area contributed by atoms with E-state index in [0.29, 0.717) is 12.3 Å². The molecule has 4 nitrogen and oxygen atoms in total. The number of ether oxygens (including phenoxy) is 1. The van der Waals surface area contributed by atoms with Crippen molar-refractivity contribution in [3.8, 4) is 5.75 Å². The smallest absolute Gasteiger partial charge is 0.184 e. The summed E-state index contributed by atoms with van der Waals surface area (Å²) >= 11 is 0. The summed E-state index contributed by atoms with van der Waals surface area (Å²) in [6.45, 7) is 7.20. The fourth-order valence-electron chi connectivity index (χ4n) is 2.00. The third-order valence-corrected chi connectivity index (χ3v) is 3.14. The quantitative estimate of drug-likeness (QED) is 0.651. The number of benzene rings is 1. The minimum absolute atomic E-state index is 0.117. The topological polar surface area (TPSA) is 54.1 Å². The molecule has 0 atom stereocenters. The molecule has 0 bridgehead atoms. The summed E-state index contributed by atoms with van der Waals surface area (Å²) in [6.07, 6.45) is 0. The molecule has 0 unspecified atom stereocenters. The Labute approximate surface area is 119 Å². The number of aromatic amines is 1. The molecular formula is C16H22N2O2. The van der Waals surface area contributed by atoms with Crippen LogP contribution in [0.4, 0.5) is 0 Å². The van der Waals surface area contributed by atoms with Gasteiger partial charge in [-0.15, -0.1) is 0 Å². The Hall–Kier alpha value is -1.81. The van der Waals surface area contributed by atoms with Crippen LogP contribution in [0.25, 0.3) is 10.9 Å². The fourth-order valence-corrected chi connectivity index (χ4v) is 2.00. The summed E-state index contributed by atoms with van der Waals surface area (Å²) in [6, 6.07) is 7.72. The Kier molecular flexibility index (Phi) is 4.14. The average Bonchev–Trinajstić information content (AvgIpc) is 2.80. The molecule has 0 aliphatic carbocycles. The van der Waals surface area contributed by atoms with Gasteiger partial charge in [0.1, 0.15) is 12.4 Å². The first-order valence-corrected chi connectivity index (χ1v) is 6.87. The summed E-state index contributed by atoms with van der Waals surface area (Å²) in [4.78, 5) is 15.4. The van der Waals surface area contributed by atoms with Crippen LogP contribution in [0.2, 0.25) is 0 Å². The van der Waals surface area contributed by atoms with Crippen LogP contribution in [0.15, 0.2) is 24.3 Å². The van der Waals surface area contributed by atoms with Crippen LogP contribution in [0.5, 0.6) is 5.75 Å². The highest BCUT2D eigenvalue weighted by atomic mass is 16.5. The van der Waals surface area contributed by atoms with Gasteiger partial charge in [-0.25, -0.2) is 0 Å². The number of aromatic nitrogens is 1. The van der Waals surface area contributed by atoms with Gasteiger partial charge in [0.2, 0.25) is 0 Å². The SMILES string of the molecule is CNCCOc1ccc2[nH]c(C(=O)C(C)(C)C)cc2c1. The molecule has 108 valence electrons. The molecule has 1 heterocycles. The maximum absolute atomic E-state index is 12.3. The van der Waals surface area contributed by atoms with Crippen molar-refractivity contribution in [2.24, 2.45) is 5.41 Å². The molecule has 0 spiro atoms. The third-order valence-electron chi connectivity index (χ3n) is 3.14. The highest BCUT2D eigenvalue weighted by molar-refractivity contribution is 6.02. The van der Waals surface area contributed by atoms with Crippen LogP contribution in [0, 0.1) is 5.41 Å². The van der Waals surface area contributed by atoms with E-state index in [9.17, 15) is 4.79 Å². The van der Waals surface area contributed by atoms with Crippen LogP contribution in [0.1, 0.15) is 31.3 Å². The fraction of sp³-hybridized carbons (Fsp3) is 0.438. The van der Waals surface area contributed by atoms with Gasteiger partial charge in [0, 0.05) is 22.9 Å². The molecule has 0 fully saturated rings. The predicted molar refractivity (Wildman–Crippen MR) is 81.5 cm³/mol. The van der Waals surface area contributed by atoms with Gasteiger partial charge in [0.15, 0.2) is 5.78 Å². The summed E-state index contributed by atoms with van der Waals surface area (Å²) in [7, 11) is 1.89. The Morgan fingerprint density at radius 1 is 1.30 bits per heavy atom. The van der Waals surface area contributed by atoms with Gasteiger partial charge in [-0.05, 0) is 31.3 Å². The van der Waals surface area contributed by atoms with Crippen LogP contribution < -0.4 is 10.1 Å². The molecule has 1 aromatic heterocycles. The molecule has 4 heteroatoms. The Balaban J connectivity index is 2.24. The van der Waals surface area contributed by atoms with Gasteiger partial charge in [-0.3, -0.25) is 4.79 Å². The van der Waals surface area contributed by atoms with Crippen molar-refractivity contribution in [3.63, 3.8) is 0 Å². The number of hydrogen-bond donors (Lipinski definition) is 2. The van der Waals surface area contributed by atoms with Gasteiger partial charge >= 0.3 is 0 Å². The Bertz CT molecular complexity index is 608. The minimum atomic E-state index is -0.382. The van der Waals surface area contributed by atoms with Crippen molar-refractivity contribution in [1.82, 2.24) is 10.3 Å².